The summed E-state index contributed by atoms with van der Waals surface area (Å²) in [6.45, 7) is 10.2. The van der Waals surface area contributed by atoms with Crippen molar-refractivity contribution < 1.29 is 9.59 Å². The molecule has 4 rings (SSSR count). The molecule has 5 nitrogen and oxygen atoms in total. The number of nitrogens with zero attached hydrogens (tertiary/aromatic N) is 1. The van der Waals surface area contributed by atoms with Crippen molar-refractivity contribution >= 4 is 29.1 Å². The Morgan fingerprint density at radius 3 is 2.74 bits per heavy atom. The minimum Gasteiger partial charge on any atom is -0.362 e. The molecule has 0 radical (unpaired) electrons. The van der Waals surface area contributed by atoms with Crippen LogP contribution in [-0.2, 0) is 10.3 Å². The molecule has 1 saturated carbocycles. The third-order valence-electron chi connectivity index (χ3n) is 6.99. The summed E-state index contributed by atoms with van der Waals surface area (Å²) in [6.07, 6.45) is 4.59. The fourth-order valence-corrected chi connectivity index (χ4v) is 5.70. The van der Waals surface area contributed by atoms with E-state index < -0.39 is 5.54 Å². The number of halogens is 1. The minimum absolute atomic E-state index is 0.0507. The van der Waals surface area contributed by atoms with Crippen molar-refractivity contribution in [2.75, 3.05) is 5.32 Å². The van der Waals surface area contributed by atoms with Crippen LogP contribution in [0.4, 0.5) is 5.69 Å². The molecule has 1 heterocycles. The molecule has 2 N–H and O–H groups in total. The molecule has 2 fully saturated rings. The van der Waals surface area contributed by atoms with E-state index in [4.69, 9.17) is 11.6 Å². The Morgan fingerprint density at radius 1 is 1.26 bits per heavy atom. The van der Waals surface area contributed by atoms with Gasteiger partial charge in [-0.15, -0.1) is 5.92 Å². The van der Waals surface area contributed by atoms with Gasteiger partial charge in [-0.25, -0.2) is 0 Å². The van der Waals surface area contributed by atoms with Crippen LogP contribution < -0.4 is 10.6 Å². The third-order valence-corrected chi connectivity index (χ3v) is 7.40. The number of carbonyl (C=O) groups is 2. The monoisotopic (exact) mass is 489 g/mol. The molecule has 0 spiro atoms. The first-order chi connectivity index (χ1) is 16.7. The molecule has 182 valence electrons. The molecular formula is C29H32ClN3O2. The van der Waals surface area contributed by atoms with Crippen molar-refractivity contribution in [2.45, 2.75) is 64.5 Å². The van der Waals surface area contributed by atoms with Crippen LogP contribution in [0.2, 0.25) is 5.02 Å². The molecule has 1 aliphatic heterocycles. The minimum atomic E-state index is -0.737. The topological polar surface area (TPSA) is 61.4 Å². The molecule has 0 aromatic heterocycles. The van der Waals surface area contributed by atoms with Crippen LogP contribution in [0, 0.1) is 17.8 Å². The molecule has 35 heavy (non-hydrogen) atoms. The Morgan fingerprint density at radius 2 is 2.03 bits per heavy atom. The first kappa shape index (κ1) is 24.9. The Labute approximate surface area is 212 Å². The van der Waals surface area contributed by atoms with Crippen molar-refractivity contribution in [3.05, 3.63) is 76.6 Å². The van der Waals surface area contributed by atoms with Crippen molar-refractivity contribution in [2.24, 2.45) is 5.92 Å². The lowest BCUT2D eigenvalue weighted by atomic mass is 9.82. The van der Waals surface area contributed by atoms with Crippen LogP contribution in [0.1, 0.15) is 74.4 Å². The zero-order valence-corrected chi connectivity index (χ0v) is 21.3. The van der Waals surface area contributed by atoms with Gasteiger partial charge in [0, 0.05) is 17.2 Å². The molecule has 2 aliphatic rings. The summed E-state index contributed by atoms with van der Waals surface area (Å²) in [5.74, 6) is 6.80. The van der Waals surface area contributed by atoms with E-state index in [1.165, 1.54) is 6.42 Å². The SMILES string of the molecule is C=C1NC(C)(c2cccc(NC(=O)c3cccc(C#CC)c3)c2Cl)CC(=O)N1C1CCCC(C)C1. The molecule has 1 saturated heterocycles. The first-order valence-corrected chi connectivity index (χ1v) is 12.5. The van der Waals surface area contributed by atoms with Crippen LogP contribution in [0.5, 0.6) is 0 Å². The number of carbonyl (C=O) groups excluding carboxylic acids is 2. The highest BCUT2D eigenvalue weighted by Crippen LogP contribution is 2.40. The summed E-state index contributed by atoms with van der Waals surface area (Å²) in [7, 11) is 0. The third kappa shape index (κ3) is 5.23. The molecule has 6 heteroatoms. The lowest BCUT2D eigenvalue weighted by Crippen LogP contribution is -2.57. The molecule has 3 atom stereocenters. The van der Waals surface area contributed by atoms with Gasteiger partial charge < -0.3 is 10.6 Å². The van der Waals surface area contributed by atoms with Gasteiger partial charge in [-0.3, -0.25) is 14.5 Å². The van der Waals surface area contributed by atoms with Gasteiger partial charge in [0.2, 0.25) is 5.91 Å². The van der Waals surface area contributed by atoms with Gasteiger partial charge in [-0.05, 0) is 62.4 Å². The summed E-state index contributed by atoms with van der Waals surface area (Å²) in [5, 5.41) is 6.79. The lowest BCUT2D eigenvalue weighted by Gasteiger charge is -2.47. The van der Waals surface area contributed by atoms with Crippen molar-refractivity contribution in [3.8, 4) is 11.8 Å². The Hall–Kier alpha value is -3.23. The Kier molecular flexibility index (Phi) is 7.23. The van der Waals surface area contributed by atoms with Gasteiger partial charge >= 0.3 is 0 Å². The average molecular weight is 490 g/mol. The van der Waals surface area contributed by atoms with Gasteiger partial charge in [-0.1, -0.05) is 62.1 Å². The quantitative estimate of drug-likeness (QED) is 0.514. The van der Waals surface area contributed by atoms with E-state index in [1.807, 2.05) is 30.0 Å². The number of hydrogen-bond acceptors (Lipinski definition) is 3. The number of benzene rings is 2. The molecular weight excluding hydrogens is 458 g/mol. The molecule has 2 amide bonds. The van der Waals surface area contributed by atoms with E-state index >= 15 is 0 Å². The maximum Gasteiger partial charge on any atom is 0.255 e. The largest absolute Gasteiger partial charge is 0.362 e. The van der Waals surface area contributed by atoms with Gasteiger partial charge in [0.05, 0.1) is 22.7 Å². The van der Waals surface area contributed by atoms with Crippen LogP contribution in [0.25, 0.3) is 0 Å². The second-order valence-corrected chi connectivity index (χ2v) is 10.2. The molecule has 1 aliphatic carbocycles. The maximum absolute atomic E-state index is 13.3. The highest BCUT2D eigenvalue weighted by Gasteiger charge is 2.42. The predicted octanol–water partition coefficient (Wildman–Crippen LogP) is 6.05. The second kappa shape index (κ2) is 10.2. The number of amides is 2. The van der Waals surface area contributed by atoms with Crippen molar-refractivity contribution in [1.29, 1.82) is 0 Å². The van der Waals surface area contributed by atoms with Crippen molar-refractivity contribution in [1.82, 2.24) is 10.2 Å². The van der Waals surface area contributed by atoms with Crippen LogP contribution in [0.3, 0.4) is 0 Å². The van der Waals surface area contributed by atoms with E-state index in [0.29, 0.717) is 28.0 Å². The van der Waals surface area contributed by atoms with E-state index in [-0.39, 0.29) is 24.3 Å². The van der Waals surface area contributed by atoms with E-state index in [1.54, 1.807) is 31.2 Å². The van der Waals surface area contributed by atoms with E-state index in [9.17, 15) is 9.59 Å². The molecule has 0 bridgehead atoms. The van der Waals surface area contributed by atoms with Crippen LogP contribution >= 0.6 is 11.6 Å². The van der Waals surface area contributed by atoms with Crippen molar-refractivity contribution in [3.63, 3.8) is 0 Å². The van der Waals surface area contributed by atoms with Gasteiger partial charge in [-0.2, -0.15) is 0 Å². The summed E-state index contributed by atoms with van der Waals surface area (Å²) < 4.78 is 0. The second-order valence-electron chi connectivity index (χ2n) is 9.85. The Balaban J connectivity index is 1.55. The normalized spacial score (nSPS) is 24.3. The first-order valence-electron chi connectivity index (χ1n) is 12.1. The van der Waals surface area contributed by atoms with Crippen LogP contribution in [-0.4, -0.2) is 22.8 Å². The summed E-state index contributed by atoms with van der Waals surface area (Å²) in [5.41, 5.74) is 1.77. The summed E-state index contributed by atoms with van der Waals surface area (Å²) >= 11 is 6.81. The molecule has 2 aromatic rings. The van der Waals surface area contributed by atoms with Gasteiger partial charge in [0.15, 0.2) is 0 Å². The lowest BCUT2D eigenvalue weighted by molar-refractivity contribution is -0.137. The highest BCUT2D eigenvalue weighted by molar-refractivity contribution is 6.34. The fourth-order valence-electron chi connectivity index (χ4n) is 5.32. The zero-order valence-electron chi connectivity index (χ0n) is 20.6. The smallest absolute Gasteiger partial charge is 0.255 e. The van der Waals surface area contributed by atoms with E-state index in [0.717, 1.165) is 30.4 Å². The number of anilines is 1. The number of rotatable bonds is 4. The number of nitrogens with one attached hydrogen (secondary N) is 2. The highest BCUT2D eigenvalue weighted by atomic mass is 35.5. The summed E-state index contributed by atoms with van der Waals surface area (Å²) in [4.78, 5) is 28.1. The predicted molar refractivity (Wildman–Crippen MR) is 141 cm³/mol. The molecule has 2 aromatic carbocycles. The summed E-state index contributed by atoms with van der Waals surface area (Å²) in [6, 6.07) is 12.8. The van der Waals surface area contributed by atoms with Gasteiger partial charge in [0.25, 0.3) is 5.91 Å². The number of hydrogen-bond donors (Lipinski definition) is 2. The average Bonchev–Trinajstić information content (AvgIpc) is 2.80. The van der Waals surface area contributed by atoms with Gasteiger partial charge in [0.1, 0.15) is 5.82 Å². The Bertz CT molecular complexity index is 1210. The fraction of sp³-hybridized carbons (Fsp3) is 0.379. The standard InChI is InChI=1S/C29H32ClN3O2/c1-5-9-21-11-7-12-22(17-21)28(35)31-25-15-8-14-24(27(25)30)29(4)18-26(34)33(20(3)32-29)23-13-6-10-19(2)16-23/h7-8,11-12,14-15,17,19,23,32H,3,6,10,13,16,18H2,1-2,4H3,(H,31,35). The zero-order chi connectivity index (χ0) is 25.2. The molecule has 3 unspecified atom stereocenters. The maximum atomic E-state index is 13.3. The van der Waals surface area contributed by atoms with Crippen LogP contribution in [0.15, 0.2) is 54.9 Å². The van der Waals surface area contributed by atoms with E-state index in [2.05, 4.69) is 36.0 Å².